The first-order valence-corrected chi connectivity index (χ1v) is 5.70. The zero-order valence-electron chi connectivity index (χ0n) is 9.70. The summed E-state index contributed by atoms with van der Waals surface area (Å²) in [6.45, 7) is 0.940. The van der Waals surface area contributed by atoms with E-state index in [1.165, 1.54) is 24.3 Å². The Labute approximate surface area is 104 Å². The molecule has 6 nitrogen and oxygen atoms in total. The zero-order valence-corrected chi connectivity index (χ0v) is 9.70. The number of esters is 1. The molecule has 96 valence electrons. The van der Waals surface area contributed by atoms with E-state index in [1.54, 1.807) is 0 Å². The summed E-state index contributed by atoms with van der Waals surface area (Å²) in [7, 11) is 0. The van der Waals surface area contributed by atoms with E-state index in [9.17, 15) is 14.9 Å². The van der Waals surface area contributed by atoms with Crippen LogP contribution in [0.3, 0.4) is 0 Å². The van der Waals surface area contributed by atoms with Crippen molar-refractivity contribution >= 4 is 11.7 Å². The molecule has 0 N–H and O–H groups in total. The summed E-state index contributed by atoms with van der Waals surface area (Å²) in [6, 6.07) is 5.33. The Bertz CT molecular complexity index is 436. The number of carbonyl (C=O) groups excluding carboxylic acids is 1. The SMILES string of the molecule is O=C(OCC1CCCO1)c1ccc([N+](=O)[O-])cc1. The van der Waals surface area contributed by atoms with Crippen molar-refractivity contribution in [2.45, 2.75) is 18.9 Å². The molecule has 6 heteroatoms. The maximum absolute atomic E-state index is 11.6. The highest BCUT2D eigenvalue weighted by Crippen LogP contribution is 2.15. The molecule has 1 unspecified atom stereocenters. The molecule has 1 saturated heterocycles. The molecule has 0 saturated carbocycles. The third-order valence-corrected chi connectivity index (χ3v) is 2.74. The smallest absolute Gasteiger partial charge is 0.338 e. The molecule has 1 aliphatic rings. The van der Waals surface area contributed by atoms with Gasteiger partial charge in [0.2, 0.25) is 0 Å². The number of nitro benzene ring substituents is 1. The van der Waals surface area contributed by atoms with Gasteiger partial charge in [-0.05, 0) is 25.0 Å². The van der Waals surface area contributed by atoms with E-state index in [2.05, 4.69) is 0 Å². The van der Waals surface area contributed by atoms with Crippen molar-refractivity contribution in [3.05, 3.63) is 39.9 Å². The number of benzene rings is 1. The van der Waals surface area contributed by atoms with Crippen LogP contribution in [0.4, 0.5) is 5.69 Å². The second-order valence-electron chi connectivity index (χ2n) is 4.04. The molecule has 18 heavy (non-hydrogen) atoms. The van der Waals surface area contributed by atoms with E-state index < -0.39 is 10.9 Å². The Morgan fingerprint density at radius 1 is 1.44 bits per heavy atom. The standard InChI is InChI=1S/C12H13NO5/c14-12(18-8-11-2-1-7-17-11)9-3-5-10(6-4-9)13(15)16/h3-6,11H,1-2,7-8H2. The quantitative estimate of drug-likeness (QED) is 0.464. The molecule has 1 aromatic carbocycles. The number of nitrogens with zero attached hydrogens (tertiary/aromatic N) is 1. The number of hydrogen-bond acceptors (Lipinski definition) is 5. The third-order valence-electron chi connectivity index (χ3n) is 2.74. The molecular formula is C12H13NO5. The van der Waals surface area contributed by atoms with Gasteiger partial charge in [-0.2, -0.15) is 0 Å². The first-order chi connectivity index (χ1) is 8.66. The second kappa shape index (κ2) is 5.59. The number of hydrogen-bond donors (Lipinski definition) is 0. The molecule has 0 radical (unpaired) electrons. The lowest BCUT2D eigenvalue weighted by molar-refractivity contribution is -0.384. The molecule has 0 amide bonds. The Morgan fingerprint density at radius 2 is 2.17 bits per heavy atom. The average molecular weight is 251 g/mol. The van der Waals surface area contributed by atoms with Crippen LogP contribution in [0, 0.1) is 10.1 Å². The van der Waals surface area contributed by atoms with Crippen LogP contribution in [0.2, 0.25) is 0 Å². The van der Waals surface area contributed by atoms with Crippen LogP contribution in [0.15, 0.2) is 24.3 Å². The molecule has 1 aromatic rings. The fraction of sp³-hybridized carbons (Fsp3) is 0.417. The molecule has 0 aliphatic carbocycles. The molecule has 1 aliphatic heterocycles. The second-order valence-corrected chi connectivity index (χ2v) is 4.04. The Morgan fingerprint density at radius 3 is 2.72 bits per heavy atom. The minimum Gasteiger partial charge on any atom is -0.459 e. The van der Waals surface area contributed by atoms with Gasteiger partial charge in [0.25, 0.3) is 5.69 Å². The van der Waals surface area contributed by atoms with Gasteiger partial charge in [0.1, 0.15) is 6.61 Å². The molecule has 1 fully saturated rings. The molecule has 1 heterocycles. The average Bonchev–Trinajstić information content (AvgIpc) is 2.89. The van der Waals surface area contributed by atoms with Gasteiger partial charge in [-0.25, -0.2) is 4.79 Å². The normalized spacial score (nSPS) is 18.6. The van der Waals surface area contributed by atoms with Crippen molar-refractivity contribution in [2.24, 2.45) is 0 Å². The Kier molecular flexibility index (Phi) is 3.88. The highest BCUT2D eigenvalue weighted by atomic mass is 16.6. The summed E-state index contributed by atoms with van der Waals surface area (Å²) >= 11 is 0. The monoisotopic (exact) mass is 251 g/mol. The van der Waals surface area contributed by atoms with Gasteiger partial charge in [0, 0.05) is 18.7 Å². The predicted octanol–water partition coefficient (Wildman–Crippen LogP) is 1.93. The van der Waals surface area contributed by atoms with Gasteiger partial charge in [-0.1, -0.05) is 0 Å². The van der Waals surface area contributed by atoms with E-state index in [4.69, 9.17) is 9.47 Å². The topological polar surface area (TPSA) is 78.7 Å². The Balaban J connectivity index is 1.89. The van der Waals surface area contributed by atoms with Crippen molar-refractivity contribution in [1.82, 2.24) is 0 Å². The highest BCUT2D eigenvalue weighted by molar-refractivity contribution is 5.89. The summed E-state index contributed by atoms with van der Waals surface area (Å²) in [5.41, 5.74) is 0.254. The lowest BCUT2D eigenvalue weighted by atomic mass is 10.2. The van der Waals surface area contributed by atoms with Crippen LogP contribution >= 0.6 is 0 Å². The minimum absolute atomic E-state index is 0.0213. The van der Waals surface area contributed by atoms with Gasteiger partial charge in [0.05, 0.1) is 16.6 Å². The van der Waals surface area contributed by atoms with Gasteiger partial charge >= 0.3 is 5.97 Å². The lowest BCUT2D eigenvalue weighted by Crippen LogP contribution is -2.17. The first kappa shape index (κ1) is 12.5. The summed E-state index contributed by atoms with van der Waals surface area (Å²) < 4.78 is 10.4. The maximum atomic E-state index is 11.6. The number of carbonyl (C=O) groups is 1. The lowest BCUT2D eigenvalue weighted by Gasteiger charge is -2.09. The molecule has 2 rings (SSSR count). The van der Waals surface area contributed by atoms with E-state index in [1.807, 2.05) is 0 Å². The van der Waals surface area contributed by atoms with Crippen molar-refractivity contribution < 1.29 is 19.2 Å². The molecular weight excluding hydrogens is 238 g/mol. The van der Waals surface area contributed by atoms with E-state index in [0.717, 1.165) is 12.8 Å². The summed E-state index contributed by atoms with van der Waals surface area (Å²) in [6.07, 6.45) is 1.86. The molecule has 0 bridgehead atoms. The van der Waals surface area contributed by atoms with Crippen LogP contribution in [0.5, 0.6) is 0 Å². The summed E-state index contributed by atoms with van der Waals surface area (Å²) in [5.74, 6) is -0.486. The van der Waals surface area contributed by atoms with E-state index >= 15 is 0 Å². The van der Waals surface area contributed by atoms with Crippen LogP contribution in [-0.2, 0) is 9.47 Å². The Hall–Kier alpha value is -1.95. The van der Waals surface area contributed by atoms with Crippen molar-refractivity contribution in [1.29, 1.82) is 0 Å². The van der Waals surface area contributed by atoms with Gasteiger partial charge in [-0.3, -0.25) is 10.1 Å². The van der Waals surface area contributed by atoms with Gasteiger partial charge in [-0.15, -0.1) is 0 Å². The van der Waals surface area contributed by atoms with Crippen LogP contribution in [0.1, 0.15) is 23.2 Å². The van der Waals surface area contributed by atoms with Gasteiger partial charge in [0.15, 0.2) is 0 Å². The largest absolute Gasteiger partial charge is 0.459 e. The minimum atomic E-state index is -0.512. The van der Waals surface area contributed by atoms with Crippen molar-refractivity contribution in [2.75, 3.05) is 13.2 Å². The van der Waals surface area contributed by atoms with Crippen LogP contribution in [0.25, 0.3) is 0 Å². The summed E-state index contributed by atoms with van der Waals surface area (Å²) in [5, 5.41) is 10.5. The van der Waals surface area contributed by atoms with Crippen LogP contribution in [-0.4, -0.2) is 30.2 Å². The first-order valence-electron chi connectivity index (χ1n) is 5.70. The molecule has 0 spiro atoms. The number of nitro groups is 1. The van der Waals surface area contributed by atoms with E-state index in [-0.39, 0.29) is 18.4 Å². The number of ether oxygens (including phenoxy) is 2. The van der Waals surface area contributed by atoms with E-state index in [0.29, 0.717) is 12.2 Å². The highest BCUT2D eigenvalue weighted by Gasteiger charge is 2.18. The third kappa shape index (κ3) is 3.04. The molecule has 1 atom stereocenters. The number of rotatable bonds is 4. The maximum Gasteiger partial charge on any atom is 0.338 e. The van der Waals surface area contributed by atoms with Crippen molar-refractivity contribution in [3.63, 3.8) is 0 Å². The van der Waals surface area contributed by atoms with Crippen molar-refractivity contribution in [3.8, 4) is 0 Å². The van der Waals surface area contributed by atoms with Crippen LogP contribution < -0.4 is 0 Å². The predicted molar refractivity (Wildman–Crippen MR) is 62.4 cm³/mol. The number of non-ortho nitro benzene ring substituents is 1. The van der Waals surface area contributed by atoms with Gasteiger partial charge < -0.3 is 9.47 Å². The fourth-order valence-corrected chi connectivity index (χ4v) is 1.75. The summed E-state index contributed by atoms with van der Waals surface area (Å²) in [4.78, 5) is 21.6. The fourth-order valence-electron chi connectivity index (χ4n) is 1.75. The zero-order chi connectivity index (χ0) is 13.0. The molecule has 0 aromatic heterocycles.